The molecule has 1 aliphatic carbocycles. The van der Waals surface area contributed by atoms with Crippen molar-refractivity contribution in [1.29, 1.82) is 0 Å². The van der Waals surface area contributed by atoms with Crippen LogP contribution in [-0.4, -0.2) is 60.6 Å². The van der Waals surface area contributed by atoms with E-state index in [1.54, 1.807) is 20.8 Å². The molecule has 1 amide bonds. The molecular formula is C44H50N2O8. The molecule has 10 heteroatoms. The number of amides is 1. The van der Waals surface area contributed by atoms with Crippen molar-refractivity contribution in [3.05, 3.63) is 144 Å². The van der Waals surface area contributed by atoms with Gasteiger partial charge in [-0.05, 0) is 55.9 Å². The molecule has 1 saturated carbocycles. The van der Waals surface area contributed by atoms with Crippen LogP contribution in [0.5, 0.6) is 0 Å². The Hall–Kier alpha value is -4.87. The Labute approximate surface area is 317 Å². The molecule has 5 atom stereocenters. The van der Waals surface area contributed by atoms with Crippen LogP contribution < -0.4 is 10.6 Å². The van der Waals surface area contributed by atoms with Crippen molar-refractivity contribution >= 4 is 18.0 Å². The van der Waals surface area contributed by atoms with Gasteiger partial charge in [0.15, 0.2) is 0 Å². The zero-order valence-corrected chi connectivity index (χ0v) is 31.1. The lowest BCUT2D eigenvalue weighted by Gasteiger charge is -2.30. The summed E-state index contributed by atoms with van der Waals surface area (Å²) in [7, 11) is 0. The average Bonchev–Trinajstić information content (AvgIpc) is 3.90. The lowest BCUT2D eigenvalue weighted by molar-refractivity contribution is -0.167. The molecule has 1 saturated heterocycles. The number of benzene rings is 4. The fraction of sp³-hybridized carbons (Fsp3) is 0.386. The van der Waals surface area contributed by atoms with E-state index in [2.05, 4.69) is 10.6 Å². The lowest BCUT2D eigenvalue weighted by Crippen LogP contribution is -2.50. The van der Waals surface area contributed by atoms with Crippen LogP contribution in [0.4, 0.5) is 4.79 Å². The highest BCUT2D eigenvalue weighted by molar-refractivity contribution is 5.94. The van der Waals surface area contributed by atoms with Gasteiger partial charge in [-0.2, -0.15) is 0 Å². The molecule has 2 fully saturated rings. The monoisotopic (exact) mass is 734 g/mol. The zero-order chi connectivity index (χ0) is 38.0. The highest BCUT2D eigenvalue weighted by Gasteiger charge is 2.64. The molecule has 6 rings (SSSR count). The van der Waals surface area contributed by atoms with E-state index < -0.39 is 53.3 Å². The minimum atomic E-state index is -1.16. The molecule has 4 aromatic carbocycles. The number of carbonyl (C=O) groups is 3. The Balaban J connectivity index is 1.23. The van der Waals surface area contributed by atoms with Crippen LogP contribution in [0.25, 0.3) is 0 Å². The average molecular weight is 735 g/mol. The normalized spacial score (nSPS) is 20.8. The smallest absolute Gasteiger partial charge is 0.408 e. The van der Waals surface area contributed by atoms with Crippen LogP contribution in [0.15, 0.2) is 121 Å². The topological polar surface area (TPSA) is 121 Å². The highest BCUT2D eigenvalue weighted by atomic mass is 16.6. The van der Waals surface area contributed by atoms with Crippen molar-refractivity contribution in [2.75, 3.05) is 6.61 Å². The molecule has 0 spiro atoms. The second kappa shape index (κ2) is 18.0. The van der Waals surface area contributed by atoms with Gasteiger partial charge in [0.05, 0.1) is 43.9 Å². The van der Waals surface area contributed by atoms with Crippen LogP contribution in [-0.2, 0) is 59.5 Å². The first kappa shape index (κ1) is 38.8. The third-order valence-corrected chi connectivity index (χ3v) is 9.66. The largest absolute Gasteiger partial charge is 0.444 e. The van der Waals surface area contributed by atoms with Gasteiger partial charge in [0.1, 0.15) is 23.9 Å². The molecule has 4 aromatic rings. The Bertz CT molecular complexity index is 1800. The molecule has 0 radical (unpaired) electrons. The summed E-state index contributed by atoms with van der Waals surface area (Å²) in [5, 5.41) is 6.29. The summed E-state index contributed by atoms with van der Waals surface area (Å²) in [6, 6.07) is 36.8. The number of rotatable bonds is 16. The molecule has 2 aliphatic rings. The molecule has 1 aliphatic heterocycles. The summed E-state index contributed by atoms with van der Waals surface area (Å²) in [6.45, 7) is 6.51. The number of ether oxygens (including phenoxy) is 5. The van der Waals surface area contributed by atoms with E-state index in [1.165, 1.54) is 0 Å². The maximum Gasteiger partial charge on any atom is 0.408 e. The summed E-state index contributed by atoms with van der Waals surface area (Å²) in [4.78, 5) is 40.9. The number of alkyl carbamates (subject to hydrolysis) is 1. The van der Waals surface area contributed by atoms with Crippen LogP contribution in [0, 0.1) is 5.41 Å². The number of nitrogens with one attached hydrogen (secondary N) is 2. The fourth-order valence-corrected chi connectivity index (χ4v) is 6.80. The number of carbonyl (C=O) groups excluding carboxylic acids is 3. The van der Waals surface area contributed by atoms with Crippen molar-refractivity contribution < 1.29 is 38.1 Å². The second-order valence-electron chi connectivity index (χ2n) is 15.0. The SMILES string of the molecule is CC(C)(C)OC(=O)N[C@@H](Cc1ccccc1)C(=O)OC(=O)C1([C@H]2N[C@H](COCc3ccccc3)[C@@H](OCc3ccccc3)[C@@H]2OCc2ccccc2)CC1. The van der Waals surface area contributed by atoms with Gasteiger partial charge in [0.25, 0.3) is 0 Å². The van der Waals surface area contributed by atoms with Gasteiger partial charge in [-0.3, -0.25) is 4.79 Å². The predicted molar refractivity (Wildman–Crippen MR) is 203 cm³/mol. The third-order valence-electron chi connectivity index (χ3n) is 9.66. The molecule has 54 heavy (non-hydrogen) atoms. The van der Waals surface area contributed by atoms with E-state index in [4.69, 9.17) is 23.7 Å². The summed E-state index contributed by atoms with van der Waals surface area (Å²) < 4.78 is 30.7. The Morgan fingerprint density at radius 3 is 1.69 bits per heavy atom. The fourth-order valence-electron chi connectivity index (χ4n) is 6.80. The molecule has 2 N–H and O–H groups in total. The summed E-state index contributed by atoms with van der Waals surface area (Å²) in [5.41, 5.74) is 1.94. The molecule has 0 unspecified atom stereocenters. The molecule has 284 valence electrons. The maximum absolute atomic E-state index is 14.3. The Morgan fingerprint density at radius 2 is 1.19 bits per heavy atom. The maximum atomic E-state index is 14.3. The van der Waals surface area contributed by atoms with Crippen LogP contribution >= 0.6 is 0 Å². The minimum Gasteiger partial charge on any atom is -0.444 e. The Kier molecular flexibility index (Phi) is 12.9. The first-order chi connectivity index (χ1) is 26.1. The number of hydrogen-bond donors (Lipinski definition) is 2. The van der Waals surface area contributed by atoms with Gasteiger partial charge in [0, 0.05) is 6.42 Å². The zero-order valence-electron chi connectivity index (χ0n) is 31.1. The Morgan fingerprint density at radius 1 is 0.704 bits per heavy atom. The summed E-state index contributed by atoms with van der Waals surface area (Å²) in [5.74, 6) is -1.53. The van der Waals surface area contributed by atoms with Crippen molar-refractivity contribution in [3.63, 3.8) is 0 Å². The van der Waals surface area contributed by atoms with Crippen molar-refractivity contribution in [3.8, 4) is 0 Å². The van der Waals surface area contributed by atoms with E-state index in [0.717, 1.165) is 22.3 Å². The third kappa shape index (κ3) is 10.6. The molecule has 10 nitrogen and oxygen atoms in total. The standard InChI is InChI=1S/C44H50N2O8/c1-43(2,3)54-42(49)46-35(26-31-16-8-4-9-17-31)40(47)53-41(48)44(24-25-44)39-38(52-29-34-22-14-7-15-23-34)37(51-28-33-20-12-6-13-21-33)36(45-39)30-50-27-32-18-10-5-11-19-32/h4-23,35-39,45H,24-30H2,1-3H3,(H,46,49)/t35-,36+,37+,38-,39-/m0/s1. The quantitative estimate of drug-likeness (QED) is 0.0957. The first-order valence-corrected chi connectivity index (χ1v) is 18.6. The van der Waals surface area contributed by atoms with Gasteiger partial charge < -0.3 is 34.3 Å². The van der Waals surface area contributed by atoms with Crippen molar-refractivity contribution in [2.45, 2.75) is 95.8 Å². The van der Waals surface area contributed by atoms with Crippen molar-refractivity contribution in [1.82, 2.24) is 10.6 Å². The van der Waals surface area contributed by atoms with Gasteiger partial charge in [-0.25, -0.2) is 9.59 Å². The summed E-state index contributed by atoms with van der Waals surface area (Å²) >= 11 is 0. The highest BCUT2D eigenvalue weighted by Crippen LogP contribution is 2.53. The van der Waals surface area contributed by atoms with Crippen molar-refractivity contribution in [2.24, 2.45) is 5.41 Å². The van der Waals surface area contributed by atoms with Gasteiger partial charge >= 0.3 is 18.0 Å². The minimum absolute atomic E-state index is 0.111. The molecular weight excluding hydrogens is 684 g/mol. The van der Waals surface area contributed by atoms with Gasteiger partial charge in [-0.1, -0.05) is 121 Å². The van der Waals surface area contributed by atoms with Gasteiger partial charge in [-0.15, -0.1) is 0 Å². The number of esters is 2. The number of hydrogen-bond acceptors (Lipinski definition) is 9. The van der Waals surface area contributed by atoms with Crippen LogP contribution in [0.1, 0.15) is 55.9 Å². The predicted octanol–water partition coefficient (Wildman–Crippen LogP) is 6.70. The second-order valence-corrected chi connectivity index (χ2v) is 15.0. The van der Waals surface area contributed by atoms with Gasteiger partial charge in [0.2, 0.25) is 0 Å². The van der Waals surface area contributed by atoms with E-state index in [9.17, 15) is 14.4 Å². The summed E-state index contributed by atoms with van der Waals surface area (Å²) in [6.07, 6.45) is -0.807. The van der Waals surface area contributed by atoms with E-state index in [1.807, 2.05) is 121 Å². The van der Waals surface area contributed by atoms with Crippen LogP contribution in [0.3, 0.4) is 0 Å². The van der Waals surface area contributed by atoms with E-state index in [0.29, 0.717) is 32.7 Å². The first-order valence-electron chi connectivity index (χ1n) is 18.6. The molecule has 0 bridgehead atoms. The van der Waals surface area contributed by atoms with E-state index >= 15 is 0 Å². The van der Waals surface area contributed by atoms with E-state index in [-0.39, 0.29) is 19.1 Å². The lowest BCUT2D eigenvalue weighted by atomic mass is 9.91. The van der Waals surface area contributed by atoms with Crippen LogP contribution in [0.2, 0.25) is 0 Å². The molecule has 1 heterocycles. The molecule has 0 aromatic heterocycles.